The third-order valence-electron chi connectivity index (χ3n) is 2.95. The van der Waals surface area contributed by atoms with E-state index < -0.39 is 0 Å². The van der Waals surface area contributed by atoms with E-state index in [4.69, 9.17) is 5.11 Å². The molecule has 1 atom stereocenters. The van der Waals surface area contributed by atoms with Crippen LogP contribution in [0.2, 0.25) is 0 Å². The third kappa shape index (κ3) is 4.32. The van der Waals surface area contributed by atoms with Crippen molar-refractivity contribution in [2.45, 2.75) is 19.4 Å². The third-order valence-corrected chi connectivity index (χ3v) is 2.95. The summed E-state index contributed by atoms with van der Waals surface area (Å²) in [5.41, 5.74) is 1.02. The highest BCUT2D eigenvalue weighted by Gasteiger charge is 2.08. The number of aliphatic hydroxyl groups excluding tert-OH is 1. The number of rotatable bonds is 7. The Morgan fingerprint density at radius 1 is 1.35 bits per heavy atom. The van der Waals surface area contributed by atoms with Crippen molar-refractivity contribution in [1.29, 1.82) is 0 Å². The molecule has 96 valence electrons. The van der Waals surface area contributed by atoms with Crippen LogP contribution in [0, 0.1) is 5.82 Å². The Hall–Kier alpha value is -1.13. The minimum atomic E-state index is -0.215. The van der Waals surface area contributed by atoms with E-state index >= 15 is 0 Å². The van der Waals surface area contributed by atoms with E-state index in [1.54, 1.807) is 12.1 Å². The Kier molecular flexibility index (Phi) is 5.94. The lowest BCUT2D eigenvalue weighted by Crippen LogP contribution is -2.34. The minimum Gasteiger partial charge on any atom is -0.395 e. The molecule has 4 heteroatoms. The van der Waals surface area contributed by atoms with Gasteiger partial charge in [0.15, 0.2) is 0 Å². The van der Waals surface area contributed by atoms with Gasteiger partial charge in [0.2, 0.25) is 0 Å². The molecule has 0 aliphatic heterocycles. The standard InChI is InChI=1S/C13H21FN2O/c1-3-16(9-8-12(10-17)15-2)13-6-4-11(14)5-7-13/h4-7,12,15,17H,3,8-10H2,1-2H3. The molecule has 0 aliphatic carbocycles. The second-order valence-electron chi connectivity index (χ2n) is 4.01. The quantitative estimate of drug-likeness (QED) is 0.760. The lowest BCUT2D eigenvalue weighted by Gasteiger charge is -2.25. The summed E-state index contributed by atoms with van der Waals surface area (Å²) in [5, 5.41) is 12.1. The lowest BCUT2D eigenvalue weighted by molar-refractivity contribution is 0.243. The van der Waals surface area contributed by atoms with Gasteiger partial charge in [0.25, 0.3) is 0 Å². The van der Waals surface area contributed by atoms with Crippen LogP contribution in [0.3, 0.4) is 0 Å². The Morgan fingerprint density at radius 3 is 2.47 bits per heavy atom. The summed E-state index contributed by atoms with van der Waals surface area (Å²) in [7, 11) is 1.84. The van der Waals surface area contributed by atoms with E-state index in [0.717, 1.165) is 25.2 Å². The highest BCUT2D eigenvalue weighted by atomic mass is 19.1. The van der Waals surface area contributed by atoms with Crippen molar-refractivity contribution >= 4 is 5.69 Å². The largest absolute Gasteiger partial charge is 0.395 e. The molecule has 1 aromatic rings. The molecule has 0 bridgehead atoms. The zero-order valence-electron chi connectivity index (χ0n) is 10.5. The average Bonchev–Trinajstić information content (AvgIpc) is 2.36. The smallest absolute Gasteiger partial charge is 0.123 e. The van der Waals surface area contributed by atoms with Crippen LogP contribution in [0.5, 0.6) is 0 Å². The molecule has 0 amide bonds. The van der Waals surface area contributed by atoms with Crippen LogP contribution >= 0.6 is 0 Å². The summed E-state index contributed by atoms with van der Waals surface area (Å²) in [5.74, 6) is -0.215. The van der Waals surface area contributed by atoms with Gasteiger partial charge in [-0.15, -0.1) is 0 Å². The number of nitrogens with one attached hydrogen (secondary N) is 1. The lowest BCUT2D eigenvalue weighted by atomic mass is 10.2. The Balaban J connectivity index is 2.56. The summed E-state index contributed by atoms with van der Waals surface area (Å²) in [6.45, 7) is 3.91. The minimum absolute atomic E-state index is 0.115. The van der Waals surface area contributed by atoms with Crippen molar-refractivity contribution in [2.75, 3.05) is 31.6 Å². The molecule has 0 aromatic heterocycles. The zero-order chi connectivity index (χ0) is 12.7. The van der Waals surface area contributed by atoms with Gasteiger partial charge in [-0.05, 0) is 44.7 Å². The van der Waals surface area contributed by atoms with Crippen LogP contribution in [0.15, 0.2) is 24.3 Å². The van der Waals surface area contributed by atoms with Crippen molar-refractivity contribution in [3.8, 4) is 0 Å². The highest BCUT2D eigenvalue weighted by Crippen LogP contribution is 2.15. The predicted molar refractivity (Wildman–Crippen MR) is 68.8 cm³/mol. The van der Waals surface area contributed by atoms with Crippen LogP contribution in [0.4, 0.5) is 10.1 Å². The van der Waals surface area contributed by atoms with Gasteiger partial charge in [-0.25, -0.2) is 4.39 Å². The van der Waals surface area contributed by atoms with E-state index in [1.165, 1.54) is 12.1 Å². The van der Waals surface area contributed by atoms with Crippen LogP contribution in [0.1, 0.15) is 13.3 Å². The van der Waals surface area contributed by atoms with Crippen LogP contribution in [-0.4, -0.2) is 37.9 Å². The van der Waals surface area contributed by atoms with Gasteiger partial charge in [0.1, 0.15) is 5.82 Å². The van der Waals surface area contributed by atoms with Crippen molar-refractivity contribution in [2.24, 2.45) is 0 Å². The first-order chi connectivity index (χ1) is 8.21. The molecule has 3 nitrogen and oxygen atoms in total. The maximum absolute atomic E-state index is 12.8. The molecule has 17 heavy (non-hydrogen) atoms. The first-order valence-electron chi connectivity index (χ1n) is 5.99. The Labute approximate surface area is 102 Å². The molecule has 1 rings (SSSR count). The topological polar surface area (TPSA) is 35.5 Å². The highest BCUT2D eigenvalue weighted by molar-refractivity contribution is 5.45. The second kappa shape index (κ2) is 7.25. The van der Waals surface area contributed by atoms with E-state index in [1.807, 2.05) is 7.05 Å². The normalized spacial score (nSPS) is 12.5. The molecule has 2 N–H and O–H groups in total. The van der Waals surface area contributed by atoms with E-state index in [2.05, 4.69) is 17.1 Å². The fourth-order valence-electron chi connectivity index (χ4n) is 1.76. The zero-order valence-corrected chi connectivity index (χ0v) is 10.5. The fraction of sp³-hybridized carbons (Fsp3) is 0.538. The molecule has 0 saturated carbocycles. The number of halogens is 1. The van der Waals surface area contributed by atoms with Crippen LogP contribution in [0.25, 0.3) is 0 Å². The summed E-state index contributed by atoms with van der Waals surface area (Å²) >= 11 is 0. The first-order valence-corrected chi connectivity index (χ1v) is 5.99. The molecular formula is C13H21FN2O. The van der Waals surface area contributed by atoms with E-state index in [0.29, 0.717) is 0 Å². The summed E-state index contributed by atoms with van der Waals surface area (Å²) in [6, 6.07) is 6.63. The monoisotopic (exact) mass is 240 g/mol. The molecule has 0 saturated heterocycles. The van der Waals surface area contributed by atoms with Gasteiger partial charge < -0.3 is 15.3 Å². The molecule has 0 aliphatic rings. The van der Waals surface area contributed by atoms with Crippen LogP contribution in [-0.2, 0) is 0 Å². The van der Waals surface area contributed by atoms with E-state index in [-0.39, 0.29) is 18.5 Å². The number of nitrogens with zero attached hydrogens (tertiary/aromatic N) is 1. The van der Waals surface area contributed by atoms with Crippen molar-refractivity contribution in [1.82, 2.24) is 5.32 Å². The first kappa shape index (κ1) is 13.9. The molecule has 1 unspecified atom stereocenters. The number of likely N-dealkylation sites (N-methyl/N-ethyl adjacent to an activating group) is 1. The van der Waals surface area contributed by atoms with E-state index in [9.17, 15) is 4.39 Å². The fourth-order valence-corrected chi connectivity index (χ4v) is 1.76. The van der Waals surface area contributed by atoms with Gasteiger partial charge >= 0.3 is 0 Å². The van der Waals surface area contributed by atoms with Gasteiger partial charge in [-0.3, -0.25) is 0 Å². The molecular weight excluding hydrogens is 219 g/mol. The SMILES string of the molecule is CCN(CCC(CO)NC)c1ccc(F)cc1. The van der Waals surface area contributed by atoms with Gasteiger partial charge in [-0.2, -0.15) is 0 Å². The number of hydrogen-bond acceptors (Lipinski definition) is 3. The second-order valence-corrected chi connectivity index (χ2v) is 4.01. The van der Waals surface area contributed by atoms with Gasteiger partial charge in [0, 0.05) is 24.8 Å². The van der Waals surface area contributed by atoms with Crippen molar-refractivity contribution in [3.05, 3.63) is 30.1 Å². The maximum atomic E-state index is 12.8. The van der Waals surface area contributed by atoms with Gasteiger partial charge in [-0.1, -0.05) is 0 Å². The molecule has 0 heterocycles. The summed E-state index contributed by atoms with van der Waals surface area (Å²) < 4.78 is 12.8. The Bertz CT molecular complexity index is 312. The molecule has 0 spiro atoms. The predicted octanol–water partition coefficient (Wildman–Crippen LogP) is 1.62. The number of anilines is 1. The maximum Gasteiger partial charge on any atom is 0.123 e. The number of benzene rings is 1. The number of aliphatic hydroxyl groups is 1. The molecule has 0 fully saturated rings. The van der Waals surface area contributed by atoms with Crippen molar-refractivity contribution in [3.63, 3.8) is 0 Å². The number of hydrogen-bond donors (Lipinski definition) is 2. The van der Waals surface area contributed by atoms with Crippen LogP contribution < -0.4 is 10.2 Å². The van der Waals surface area contributed by atoms with Gasteiger partial charge in [0.05, 0.1) is 6.61 Å². The molecule has 1 aromatic carbocycles. The van der Waals surface area contributed by atoms with Crippen molar-refractivity contribution < 1.29 is 9.50 Å². The summed E-state index contributed by atoms with van der Waals surface area (Å²) in [4.78, 5) is 2.17. The average molecular weight is 240 g/mol. The summed E-state index contributed by atoms with van der Waals surface area (Å²) in [6.07, 6.45) is 0.859. The Morgan fingerprint density at radius 2 is 2.00 bits per heavy atom. The molecule has 0 radical (unpaired) electrons.